The molecule has 0 aliphatic carbocycles. The Morgan fingerprint density at radius 1 is 1.69 bits per heavy atom. The molecule has 1 saturated heterocycles. The maximum atomic E-state index is 12.1. The van der Waals surface area contributed by atoms with E-state index in [4.69, 9.17) is 0 Å². The molecule has 1 amide bonds. The van der Waals surface area contributed by atoms with Gasteiger partial charge in [-0.2, -0.15) is 11.3 Å². The summed E-state index contributed by atoms with van der Waals surface area (Å²) < 4.78 is 0. The third kappa shape index (κ3) is 2.28. The van der Waals surface area contributed by atoms with Crippen LogP contribution in [-0.2, 0) is 11.3 Å². The first-order valence-electron chi connectivity index (χ1n) is 5.77. The van der Waals surface area contributed by atoms with E-state index in [1.165, 1.54) is 5.56 Å². The maximum Gasteiger partial charge on any atom is 0.227 e. The summed E-state index contributed by atoms with van der Waals surface area (Å²) >= 11 is 1.66. The van der Waals surface area contributed by atoms with Gasteiger partial charge in [0, 0.05) is 13.1 Å². The van der Waals surface area contributed by atoms with E-state index >= 15 is 0 Å². The van der Waals surface area contributed by atoms with Crippen LogP contribution in [0.3, 0.4) is 0 Å². The van der Waals surface area contributed by atoms with Crippen LogP contribution >= 0.6 is 11.3 Å². The van der Waals surface area contributed by atoms with E-state index in [0.29, 0.717) is 6.54 Å². The summed E-state index contributed by atoms with van der Waals surface area (Å²) in [4.78, 5) is 12.1. The predicted octanol–water partition coefficient (Wildman–Crippen LogP) is 1.75. The third-order valence-electron chi connectivity index (χ3n) is 3.44. The van der Waals surface area contributed by atoms with E-state index in [-0.39, 0.29) is 11.3 Å². The van der Waals surface area contributed by atoms with E-state index in [9.17, 15) is 4.79 Å². The lowest BCUT2D eigenvalue weighted by molar-refractivity contribution is -0.130. The van der Waals surface area contributed by atoms with Crippen molar-refractivity contribution in [2.75, 3.05) is 13.1 Å². The molecule has 1 aromatic rings. The lowest BCUT2D eigenvalue weighted by Crippen LogP contribution is -2.41. The van der Waals surface area contributed by atoms with E-state index in [1.54, 1.807) is 11.3 Å². The Labute approximate surface area is 100 Å². The summed E-state index contributed by atoms with van der Waals surface area (Å²) in [5.74, 6) is 0.200. The summed E-state index contributed by atoms with van der Waals surface area (Å²) in [6.07, 6.45) is 1.87. The SMILES string of the molecule is CCC1(C(=O)NCc2ccsc2)CCNC1. The quantitative estimate of drug-likeness (QED) is 0.839. The van der Waals surface area contributed by atoms with Gasteiger partial charge in [-0.1, -0.05) is 6.92 Å². The van der Waals surface area contributed by atoms with Crippen LogP contribution in [0, 0.1) is 5.41 Å². The zero-order chi connectivity index (χ0) is 11.4. The number of nitrogens with one attached hydrogen (secondary N) is 2. The molecule has 0 aromatic carbocycles. The van der Waals surface area contributed by atoms with Crippen molar-refractivity contribution >= 4 is 17.2 Å². The monoisotopic (exact) mass is 238 g/mol. The molecule has 3 nitrogen and oxygen atoms in total. The molecule has 1 unspecified atom stereocenters. The van der Waals surface area contributed by atoms with Gasteiger partial charge in [0.1, 0.15) is 0 Å². The molecule has 1 atom stereocenters. The van der Waals surface area contributed by atoms with Gasteiger partial charge in [0.25, 0.3) is 0 Å². The topological polar surface area (TPSA) is 41.1 Å². The standard InChI is InChI=1S/C12H18N2OS/c1-2-12(4-5-13-9-12)11(15)14-7-10-3-6-16-8-10/h3,6,8,13H,2,4-5,7,9H2,1H3,(H,14,15). The fourth-order valence-electron chi connectivity index (χ4n) is 2.16. The van der Waals surface area contributed by atoms with Crippen LogP contribution in [0.25, 0.3) is 0 Å². The average Bonchev–Trinajstić information content (AvgIpc) is 2.97. The zero-order valence-corrected chi connectivity index (χ0v) is 10.4. The molecule has 0 spiro atoms. The Morgan fingerprint density at radius 2 is 2.56 bits per heavy atom. The van der Waals surface area contributed by atoms with Gasteiger partial charge in [0.15, 0.2) is 0 Å². The van der Waals surface area contributed by atoms with Crippen LogP contribution in [-0.4, -0.2) is 19.0 Å². The minimum atomic E-state index is -0.171. The molecule has 1 aromatic heterocycles. The highest BCUT2D eigenvalue weighted by Crippen LogP contribution is 2.29. The molecular weight excluding hydrogens is 220 g/mol. The van der Waals surface area contributed by atoms with Crippen molar-refractivity contribution in [3.05, 3.63) is 22.4 Å². The summed E-state index contributed by atoms with van der Waals surface area (Å²) in [6, 6.07) is 2.05. The second kappa shape index (κ2) is 4.97. The van der Waals surface area contributed by atoms with E-state index in [2.05, 4.69) is 29.0 Å². The fraction of sp³-hybridized carbons (Fsp3) is 0.583. The van der Waals surface area contributed by atoms with Crippen molar-refractivity contribution in [1.82, 2.24) is 10.6 Å². The van der Waals surface area contributed by atoms with Gasteiger partial charge in [0.2, 0.25) is 5.91 Å². The van der Waals surface area contributed by atoms with Crippen molar-refractivity contribution < 1.29 is 4.79 Å². The van der Waals surface area contributed by atoms with Crippen LogP contribution in [0.4, 0.5) is 0 Å². The lowest BCUT2D eigenvalue weighted by atomic mass is 9.83. The van der Waals surface area contributed by atoms with E-state index < -0.39 is 0 Å². The summed E-state index contributed by atoms with van der Waals surface area (Å²) in [5, 5.41) is 10.4. The van der Waals surface area contributed by atoms with Crippen LogP contribution < -0.4 is 10.6 Å². The second-order valence-electron chi connectivity index (χ2n) is 4.37. The zero-order valence-electron chi connectivity index (χ0n) is 9.58. The molecule has 1 aliphatic rings. The molecule has 1 fully saturated rings. The number of carbonyl (C=O) groups is 1. The first-order valence-corrected chi connectivity index (χ1v) is 6.71. The van der Waals surface area contributed by atoms with E-state index in [1.807, 2.05) is 5.38 Å². The largest absolute Gasteiger partial charge is 0.351 e. The molecular formula is C12H18N2OS. The van der Waals surface area contributed by atoms with Gasteiger partial charge in [-0.15, -0.1) is 0 Å². The Morgan fingerprint density at radius 3 is 3.12 bits per heavy atom. The molecule has 0 saturated carbocycles. The first kappa shape index (κ1) is 11.6. The van der Waals surface area contributed by atoms with Gasteiger partial charge in [-0.3, -0.25) is 4.79 Å². The lowest BCUT2D eigenvalue weighted by Gasteiger charge is -2.25. The molecule has 2 N–H and O–H groups in total. The molecule has 2 heterocycles. The Bertz CT molecular complexity index is 342. The minimum absolute atomic E-state index is 0.171. The molecule has 1 aliphatic heterocycles. The predicted molar refractivity (Wildman–Crippen MR) is 66.4 cm³/mol. The smallest absolute Gasteiger partial charge is 0.227 e. The summed E-state index contributed by atoms with van der Waals surface area (Å²) in [6.45, 7) is 4.53. The van der Waals surface area contributed by atoms with Crippen molar-refractivity contribution in [3.8, 4) is 0 Å². The van der Waals surface area contributed by atoms with Crippen molar-refractivity contribution in [1.29, 1.82) is 0 Å². The van der Waals surface area contributed by atoms with Crippen molar-refractivity contribution in [2.24, 2.45) is 5.41 Å². The number of rotatable bonds is 4. The normalized spacial score (nSPS) is 24.6. The summed E-state index contributed by atoms with van der Waals surface area (Å²) in [5.41, 5.74) is 1.02. The molecule has 0 bridgehead atoms. The second-order valence-corrected chi connectivity index (χ2v) is 5.15. The van der Waals surface area contributed by atoms with Gasteiger partial charge in [-0.25, -0.2) is 0 Å². The number of thiophene rings is 1. The molecule has 88 valence electrons. The van der Waals surface area contributed by atoms with Crippen LogP contribution in [0.1, 0.15) is 25.3 Å². The van der Waals surface area contributed by atoms with Gasteiger partial charge in [-0.05, 0) is 41.8 Å². The molecule has 0 radical (unpaired) electrons. The Hall–Kier alpha value is -0.870. The van der Waals surface area contributed by atoms with Gasteiger partial charge < -0.3 is 10.6 Å². The Kier molecular flexibility index (Phi) is 3.61. The minimum Gasteiger partial charge on any atom is -0.351 e. The summed E-state index contributed by atoms with van der Waals surface area (Å²) in [7, 11) is 0. The van der Waals surface area contributed by atoms with Crippen LogP contribution in [0.2, 0.25) is 0 Å². The highest BCUT2D eigenvalue weighted by molar-refractivity contribution is 7.07. The third-order valence-corrected chi connectivity index (χ3v) is 4.17. The molecule has 16 heavy (non-hydrogen) atoms. The number of hydrogen-bond acceptors (Lipinski definition) is 3. The average molecular weight is 238 g/mol. The Balaban J connectivity index is 1.91. The van der Waals surface area contributed by atoms with Gasteiger partial charge >= 0.3 is 0 Å². The highest BCUT2D eigenvalue weighted by atomic mass is 32.1. The van der Waals surface area contributed by atoms with Crippen molar-refractivity contribution in [3.63, 3.8) is 0 Å². The van der Waals surface area contributed by atoms with Crippen LogP contribution in [0.15, 0.2) is 16.8 Å². The molecule has 2 rings (SSSR count). The fourth-order valence-corrected chi connectivity index (χ4v) is 2.83. The maximum absolute atomic E-state index is 12.1. The highest BCUT2D eigenvalue weighted by Gasteiger charge is 2.39. The number of amides is 1. The first-order chi connectivity index (χ1) is 7.77. The van der Waals surface area contributed by atoms with Crippen LogP contribution in [0.5, 0.6) is 0 Å². The van der Waals surface area contributed by atoms with Crippen molar-refractivity contribution in [2.45, 2.75) is 26.3 Å². The molecule has 4 heteroatoms. The van der Waals surface area contributed by atoms with E-state index in [0.717, 1.165) is 25.9 Å². The van der Waals surface area contributed by atoms with Gasteiger partial charge in [0.05, 0.1) is 5.41 Å². The number of hydrogen-bond donors (Lipinski definition) is 2. The number of carbonyl (C=O) groups excluding carboxylic acids is 1.